The van der Waals surface area contributed by atoms with Crippen LogP contribution in [0.5, 0.6) is 0 Å². The van der Waals surface area contributed by atoms with Crippen molar-refractivity contribution >= 4 is 7.69 Å². The summed E-state index contributed by atoms with van der Waals surface area (Å²) in [6.45, 7) is 0.827. The molecule has 3 nitrogen and oxygen atoms in total. The molecule has 0 aromatic rings. The quantitative estimate of drug-likeness (QED) is 0.325. The van der Waals surface area contributed by atoms with E-state index in [1.54, 1.807) is 0 Å². The van der Waals surface area contributed by atoms with E-state index in [4.69, 9.17) is 10.8 Å². The van der Waals surface area contributed by atoms with E-state index in [9.17, 15) is 0 Å². The van der Waals surface area contributed by atoms with Gasteiger partial charge in [0.15, 0.2) is 0 Å². The number of hydrogen-bond donors (Lipinski definition) is 2. The van der Waals surface area contributed by atoms with Crippen LogP contribution in [0.25, 0.3) is 0 Å². The van der Waals surface area contributed by atoms with Gasteiger partial charge in [-0.15, -0.1) is 0 Å². The second-order valence-electron chi connectivity index (χ2n) is 0.765. The van der Waals surface area contributed by atoms with Crippen LogP contribution < -0.4 is 5.73 Å². The molecular formula is C2H7BNO2. The standard InChI is InChI=1S/C2H7BNO2/c4-1-2-6-3-5/h5H,1-2,4H2. The molecule has 1 radical (unpaired) electrons. The van der Waals surface area contributed by atoms with Crippen LogP contribution in [0.15, 0.2) is 0 Å². The van der Waals surface area contributed by atoms with Gasteiger partial charge in [-0.3, -0.25) is 0 Å². The summed E-state index contributed by atoms with van der Waals surface area (Å²) in [5.74, 6) is 0. The molecule has 0 aliphatic rings. The second-order valence-corrected chi connectivity index (χ2v) is 0.765. The van der Waals surface area contributed by atoms with Crippen LogP contribution in [0.1, 0.15) is 0 Å². The maximum absolute atomic E-state index is 7.79. The lowest BCUT2D eigenvalue weighted by Gasteiger charge is -1.89. The van der Waals surface area contributed by atoms with Crippen LogP contribution >= 0.6 is 0 Å². The molecule has 0 saturated carbocycles. The summed E-state index contributed by atoms with van der Waals surface area (Å²) in [4.78, 5) is 0. The van der Waals surface area contributed by atoms with Crippen LogP contribution in [0, 0.1) is 0 Å². The lowest BCUT2D eigenvalue weighted by atomic mass is 10.4. The summed E-state index contributed by atoms with van der Waals surface area (Å²) < 4.78 is 4.29. The van der Waals surface area contributed by atoms with Gasteiger partial charge in [-0.1, -0.05) is 0 Å². The molecule has 0 aliphatic heterocycles. The minimum Gasteiger partial charge on any atom is -0.429 e. The van der Waals surface area contributed by atoms with E-state index >= 15 is 0 Å². The predicted octanol–water partition coefficient (Wildman–Crippen LogP) is -1.51. The van der Waals surface area contributed by atoms with Crippen molar-refractivity contribution in [3.8, 4) is 0 Å². The molecule has 0 saturated heterocycles. The molecule has 0 amide bonds. The summed E-state index contributed by atoms with van der Waals surface area (Å²) in [6, 6.07) is 0. The lowest BCUT2D eigenvalue weighted by molar-refractivity contribution is 0.293. The normalized spacial score (nSPS) is 8.33. The van der Waals surface area contributed by atoms with Gasteiger partial charge in [0.2, 0.25) is 0 Å². The Morgan fingerprint density at radius 1 is 1.83 bits per heavy atom. The maximum Gasteiger partial charge on any atom is 0.485 e. The fourth-order valence-electron chi connectivity index (χ4n) is 0.121. The van der Waals surface area contributed by atoms with Crippen LogP contribution in [0.4, 0.5) is 0 Å². The van der Waals surface area contributed by atoms with E-state index in [-0.39, 0.29) is 0 Å². The number of hydrogen-bond acceptors (Lipinski definition) is 3. The third kappa shape index (κ3) is 3.94. The average molecular weight is 87.9 g/mol. The van der Waals surface area contributed by atoms with Gasteiger partial charge in [-0.25, -0.2) is 0 Å². The predicted molar refractivity (Wildman–Crippen MR) is 23.0 cm³/mol. The molecule has 0 heterocycles. The molecule has 0 bridgehead atoms. The highest BCUT2D eigenvalue weighted by atomic mass is 16.5. The van der Waals surface area contributed by atoms with Crippen molar-refractivity contribution in [2.24, 2.45) is 5.73 Å². The first-order valence-electron chi connectivity index (χ1n) is 1.69. The van der Waals surface area contributed by atoms with Crippen molar-refractivity contribution in [3.63, 3.8) is 0 Å². The van der Waals surface area contributed by atoms with E-state index in [2.05, 4.69) is 4.65 Å². The summed E-state index contributed by atoms with van der Waals surface area (Å²) in [6.07, 6.45) is 0. The molecule has 35 valence electrons. The minimum atomic E-state index is 0.385. The largest absolute Gasteiger partial charge is 0.485 e. The topological polar surface area (TPSA) is 55.5 Å². The Bertz CT molecular complexity index is 23.5. The SMILES string of the molecule is NCCO[B]O. The summed E-state index contributed by atoms with van der Waals surface area (Å²) in [5.41, 5.74) is 4.96. The van der Waals surface area contributed by atoms with Crippen LogP contribution in [0.3, 0.4) is 0 Å². The van der Waals surface area contributed by atoms with Gasteiger partial charge in [0, 0.05) is 13.2 Å². The molecule has 0 unspecified atom stereocenters. The molecule has 0 aromatic heterocycles. The monoisotopic (exact) mass is 88.1 g/mol. The molecule has 6 heavy (non-hydrogen) atoms. The Labute approximate surface area is 37.4 Å². The van der Waals surface area contributed by atoms with Gasteiger partial charge in [-0.05, 0) is 0 Å². The Balaban J connectivity index is 2.34. The van der Waals surface area contributed by atoms with E-state index in [1.807, 2.05) is 0 Å². The highest BCUT2D eigenvalue weighted by Gasteiger charge is 1.79. The third-order valence-electron chi connectivity index (χ3n) is 0.310. The molecule has 0 rings (SSSR count). The molecule has 0 atom stereocenters. The summed E-state index contributed by atoms with van der Waals surface area (Å²) >= 11 is 0. The first kappa shape index (κ1) is 5.94. The van der Waals surface area contributed by atoms with E-state index < -0.39 is 0 Å². The first-order chi connectivity index (χ1) is 2.91. The molecule has 0 fully saturated rings. The van der Waals surface area contributed by atoms with Crippen LogP contribution in [0.2, 0.25) is 0 Å². The van der Waals surface area contributed by atoms with Gasteiger partial charge in [-0.2, -0.15) is 0 Å². The fraction of sp³-hybridized carbons (Fsp3) is 1.00. The van der Waals surface area contributed by atoms with E-state index in [0.29, 0.717) is 20.8 Å². The number of nitrogens with two attached hydrogens (primary N) is 1. The average Bonchev–Trinajstić information content (AvgIpc) is 1.61. The van der Waals surface area contributed by atoms with Gasteiger partial charge in [0.05, 0.1) is 0 Å². The summed E-state index contributed by atoms with van der Waals surface area (Å²) in [7, 11) is 0.632. The Hall–Kier alpha value is -0.0551. The second kappa shape index (κ2) is 4.94. The number of rotatable bonds is 3. The Morgan fingerprint density at radius 2 is 2.50 bits per heavy atom. The molecule has 3 N–H and O–H groups in total. The molecule has 0 spiro atoms. The Morgan fingerprint density at radius 3 is 2.67 bits per heavy atom. The van der Waals surface area contributed by atoms with Crippen molar-refractivity contribution in [2.45, 2.75) is 0 Å². The van der Waals surface area contributed by atoms with Crippen molar-refractivity contribution in [1.29, 1.82) is 0 Å². The van der Waals surface area contributed by atoms with Crippen LogP contribution in [-0.2, 0) is 4.65 Å². The smallest absolute Gasteiger partial charge is 0.429 e. The van der Waals surface area contributed by atoms with Gasteiger partial charge >= 0.3 is 7.69 Å². The first-order valence-corrected chi connectivity index (χ1v) is 1.69. The fourth-order valence-corrected chi connectivity index (χ4v) is 0.121. The summed E-state index contributed by atoms with van der Waals surface area (Å²) in [5, 5.41) is 7.79. The highest BCUT2D eigenvalue weighted by molar-refractivity contribution is 6.15. The molecule has 0 aromatic carbocycles. The van der Waals surface area contributed by atoms with Crippen molar-refractivity contribution < 1.29 is 9.68 Å². The van der Waals surface area contributed by atoms with Crippen molar-refractivity contribution in [3.05, 3.63) is 0 Å². The van der Waals surface area contributed by atoms with Crippen LogP contribution in [-0.4, -0.2) is 25.9 Å². The van der Waals surface area contributed by atoms with Gasteiger partial charge in [0.1, 0.15) is 0 Å². The third-order valence-corrected chi connectivity index (χ3v) is 0.310. The lowest BCUT2D eigenvalue weighted by Crippen LogP contribution is -2.10. The zero-order valence-corrected chi connectivity index (χ0v) is 3.42. The minimum absolute atomic E-state index is 0.385. The van der Waals surface area contributed by atoms with E-state index in [0.717, 1.165) is 0 Å². The molecular weight excluding hydrogens is 80.8 g/mol. The highest BCUT2D eigenvalue weighted by Crippen LogP contribution is 1.58. The Kier molecular flexibility index (Phi) is 4.90. The van der Waals surface area contributed by atoms with Gasteiger partial charge in [0.25, 0.3) is 0 Å². The molecule has 0 aliphatic carbocycles. The van der Waals surface area contributed by atoms with E-state index in [1.165, 1.54) is 0 Å². The maximum atomic E-state index is 7.79. The van der Waals surface area contributed by atoms with Crippen molar-refractivity contribution in [2.75, 3.05) is 13.2 Å². The van der Waals surface area contributed by atoms with Crippen molar-refractivity contribution in [1.82, 2.24) is 0 Å². The van der Waals surface area contributed by atoms with Gasteiger partial charge < -0.3 is 15.4 Å². The zero-order chi connectivity index (χ0) is 4.83. The molecule has 4 heteroatoms. The zero-order valence-electron chi connectivity index (χ0n) is 3.42.